The summed E-state index contributed by atoms with van der Waals surface area (Å²) in [5, 5.41) is 14.9. The Balaban J connectivity index is 1.87. The summed E-state index contributed by atoms with van der Waals surface area (Å²) >= 11 is 0. The fourth-order valence-electron chi connectivity index (χ4n) is 2.03. The van der Waals surface area contributed by atoms with Crippen LogP contribution in [0.3, 0.4) is 0 Å². The molecule has 0 aliphatic heterocycles. The number of nitro groups is 1. The van der Waals surface area contributed by atoms with Crippen molar-refractivity contribution in [2.75, 3.05) is 0 Å². The Hall–Kier alpha value is -3.02. The largest absolute Gasteiger partial charge is 0.339 e. The molecule has 2 aromatic carbocycles. The van der Waals surface area contributed by atoms with E-state index < -0.39 is 4.92 Å². The van der Waals surface area contributed by atoms with Gasteiger partial charge in [0.15, 0.2) is 0 Å². The van der Waals surface area contributed by atoms with Crippen molar-refractivity contribution in [1.82, 2.24) is 10.1 Å². The molecule has 6 nitrogen and oxygen atoms in total. The van der Waals surface area contributed by atoms with Crippen molar-refractivity contribution < 1.29 is 9.45 Å². The maximum Gasteiger partial charge on any atom is 0.273 e. The van der Waals surface area contributed by atoms with Crippen LogP contribution in [0.2, 0.25) is 0 Å². The second-order valence-electron chi connectivity index (χ2n) is 4.44. The quantitative estimate of drug-likeness (QED) is 0.541. The van der Waals surface area contributed by atoms with Crippen LogP contribution in [-0.2, 0) is 6.42 Å². The van der Waals surface area contributed by atoms with Gasteiger partial charge in [-0.15, -0.1) is 0 Å². The first-order valence-electron chi connectivity index (χ1n) is 6.34. The van der Waals surface area contributed by atoms with Gasteiger partial charge in [0.2, 0.25) is 11.7 Å². The molecular formula is C15H11N3O3. The van der Waals surface area contributed by atoms with Gasteiger partial charge in [0, 0.05) is 17.2 Å². The Labute approximate surface area is 120 Å². The molecule has 0 spiro atoms. The highest BCUT2D eigenvalue weighted by Crippen LogP contribution is 2.22. The lowest BCUT2D eigenvalue weighted by Gasteiger charge is -1.98. The Morgan fingerprint density at radius 3 is 2.52 bits per heavy atom. The molecule has 0 saturated heterocycles. The van der Waals surface area contributed by atoms with Gasteiger partial charge in [-0.3, -0.25) is 10.1 Å². The minimum atomic E-state index is -0.413. The van der Waals surface area contributed by atoms with E-state index in [-0.39, 0.29) is 12.1 Å². The highest BCUT2D eigenvalue weighted by atomic mass is 16.6. The fourth-order valence-corrected chi connectivity index (χ4v) is 2.03. The van der Waals surface area contributed by atoms with Gasteiger partial charge in [0.25, 0.3) is 5.69 Å². The second-order valence-corrected chi connectivity index (χ2v) is 4.44. The van der Waals surface area contributed by atoms with Crippen molar-refractivity contribution in [3.63, 3.8) is 0 Å². The van der Waals surface area contributed by atoms with Crippen LogP contribution in [0.15, 0.2) is 59.1 Å². The molecule has 6 heteroatoms. The molecule has 104 valence electrons. The third-order valence-corrected chi connectivity index (χ3v) is 3.03. The number of hydrogen-bond donors (Lipinski definition) is 0. The molecule has 3 aromatic rings. The molecule has 0 aliphatic carbocycles. The van der Waals surface area contributed by atoms with Gasteiger partial charge in [0.1, 0.15) is 0 Å². The van der Waals surface area contributed by atoms with E-state index >= 15 is 0 Å². The molecule has 0 aliphatic rings. The zero-order valence-corrected chi connectivity index (χ0v) is 11.0. The number of hydrogen-bond acceptors (Lipinski definition) is 5. The third-order valence-electron chi connectivity index (χ3n) is 3.03. The second kappa shape index (κ2) is 5.54. The normalized spacial score (nSPS) is 10.5. The van der Waals surface area contributed by atoms with E-state index in [9.17, 15) is 10.1 Å². The van der Waals surface area contributed by atoms with E-state index in [4.69, 9.17) is 4.52 Å². The standard InChI is InChI=1S/C15H11N3O3/c19-18(20)13-9-5-4-8-12(13)10-14-16-15(17-21-14)11-6-2-1-3-7-11/h1-9H,10H2. The zero-order chi connectivity index (χ0) is 14.7. The molecule has 0 saturated carbocycles. The van der Waals surface area contributed by atoms with E-state index in [0.717, 1.165) is 5.56 Å². The maximum absolute atomic E-state index is 11.0. The number of rotatable bonds is 4. The van der Waals surface area contributed by atoms with Crippen LogP contribution in [0.5, 0.6) is 0 Å². The van der Waals surface area contributed by atoms with Crippen LogP contribution < -0.4 is 0 Å². The molecule has 3 rings (SSSR count). The van der Waals surface area contributed by atoms with Crippen LogP contribution in [0.4, 0.5) is 5.69 Å². The van der Waals surface area contributed by atoms with Crippen molar-refractivity contribution in [2.24, 2.45) is 0 Å². The SMILES string of the molecule is O=[N+]([O-])c1ccccc1Cc1nc(-c2ccccc2)no1. The Kier molecular flexibility index (Phi) is 3.42. The molecule has 21 heavy (non-hydrogen) atoms. The molecule has 1 heterocycles. The Morgan fingerprint density at radius 2 is 1.76 bits per heavy atom. The van der Waals surface area contributed by atoms with E-state index in [1.54, 1.807) is 18.2 Å². The van der Waals surface area contributed by atoms with Gasteiger partial charge < -0.3 is 4.52 Å². The molecule has 0 unspecified atom stereocenters. The van der Waals surface area contributed by atoms with Crippen molar-refractivity contribution in [1.29, 1.82) is 0 Å². The summed E-state index contributed by atoms with van der Waals surface area (Å²) in [7, 11) is 0. The Morgan fingerprint density at radius 1 is 1.05 bits per heavy atom. The number of nitro benzene ring substituents is 1. The fraction of sp³-hybridized carbons (Fsp3) is 0.0667. The zero-order valence-electron chi connectivity index (χ0n) is 11.0. The van der Waals surface area contributed by atoms with Gasteiger partial charge in [-0.25, -0.2) is 0 Å². The molecule has 0 atom stereocenters. The lowest BCUT2D eigenvalue weighted by atomic mass is 10.1. The molecule has 0 bridgehead atoms. The average molecular weight is 281 g/mol. The molecule has 0 radical (unpaired) electrons. The van der Waals surface area contributed by atoms with Crippen molar-refractivity contribution >= 4 is 5.69 Å². The summed E-state index contributed by atoms with van der Waals surface area (Å²) in [5.41, 5.74) is 1.44. The summed E-state index contributed by atoms with van der Waals surface area (Å²) in [6.07, 6.45) is 0.233. The highest BCUT2D eigenvalue weighted by molar-refractivity contribution is 5.53. The predicted octanol–water partition coefficient (Wildman–Crippen LogP) is 3.24. The van der Waals surface area contributed by atoms with Crippen LogP contribution in [0.1, 0.15) is 11.5 Å². The number of nitrogens with zero attached hydrogens (tertiary/aromatic N) is 3. The summed E-state index contributed by atoms with van der Waals surface area (Å²) in [5.74, 6) is 0.826. The summed E-state index contributed by atoms with van der Waals surface area (Å²) in [6, 6.07) is 15.9. The number of aromatic nitrogens is 2. The van der Waals surface area contributed by atoms with Gasteiger partial charge >= 0.3 is 0 Å². The van der Waals surface area contributed by atoms with Crippen LogP contribution >= 0.6 is 0 Å². The first kappa shape index (κ1) is 13.0. The van der Waals surface area contributed by atoms with Gasteiger partial charge in [-0.2, -0.15) is 4.98 Å². The highest BCUT2D eigenvalue weighted by Gasteiger charge is 2.16. The molecule has 0 amide bonds. The van der Waals surface area contributed by atoms with Gasteiger partial charge in [-0.1, -0.05) is 53.7 Å². The monoisotopic (exact) mass is 281 g/mol. The number of benzene rings is 2. The molecule has 0 N–H and O–H groups in total. The van der Waals surface area contributed by atoms with E-state index in [2.05, 4.69) is 10.1 Å². The first-order valence-corrected chi connectivity index (χ1v) is 6.34. The number of para-hydroxylation sites is 1. The minimum Gasteiger partial charge on any atom is -0.339 e. The van der Waals surface area contributed by atoms with Gasteiger partial charge in [-0.05, 0) is 0 Å². The third kappa shape index (κ3) is 2.79. The van der Waals surface area contributed by atoms with Crippen molar-refractivity contribution in [3.8, 4) is 11.4 Å². The van der Waals surface area contributed by atoms with Crippen molar-refractivity contribution in [2.45, 2.75) is 6.42 Å². The smallest absolute Gasteiger partial charge is 0.273 e. The van der Waals surface area contributed by atoms with E-state index in [1.165, 1.54) is 6.07 Å². The van der Waals surface area contributed by atoms with E-state index in [1.807, 2.05) is 30.3 Å². The molecular weight excluding hydrogens is 270 g/mol. The minimum absolute atomic E-state index is 0.0527. The van der Waals surface area contributed by atoms with Crippen LogP contribution in [0, 0.1) is 10.1 Å². The maximum atomic E-state index is 11.0. The lowest BCUT2D eigenvalue weighted by Crippen LogP contribution is -1.96. The van der Waals surface area contributed by atoms with Crippen LogP contribution in [-0.4, -0.2) is 15.1 Å². The average Bonchev–Trinajstić information content (AvgIpc) is 2.97. The van der Waals surface area contributed by atoms with Crippen molar-refractivity contribution in [3.05, 3.63) is 76.2 Å². The lowest BCUT2D eigenvalue weighted by molar-refractivity contribution is -0.385. The summed E-state index contributed by atoms with van der Waals surface area (Å²) in [4.78, 5) is 14.8. The van der Waals surface area contributed by atoms with E-state index in [0.29, 0.717) is 17.3 Å². The predicted molar refractivity (Wildman–Crippen MR) is 75.6 cm³/mol. The molecule has 1 aromatic heterocycles. The van der Waals surface area contributed by atoms with Crippen LogP contribution in [0.25, 0.3) is 11.4 Å². The topological polar surface area (TPSA) is 82.1 Å². The summed E-state index contributed by atoms with van der Waals surface area (Å²) < 4.78 is 5.17. The Bertz CT molecular complexity index is 769. The molecule has 0 fully saturated rings. The van der Waals surface area contributed by atoms with Gasteiger partial charge in [0.05, 0.1) is 11.3 Å². The first-order chi connectivity index (χ1) is 10.2. The summed E-state index contributed by atoms with van der Waals surface area (Å²) in [6.45, 7) is 0.